The van der Waals surface area contributed by atoms with Crippen LogP contribution in [0.1, 0.15) is 13.8 Å². The molecular formula is C12H14O7. The molecule has 4 fully saturated rings. The molecule has 7 atom stereocenters. The van der Waals surface area contributed by atoms with Gasteiger partial charge in [0, 0.05) is 13.5 Å². The van der Waals surface area contributed by atoms with Gasteiger partial charge in [-0.3, -0.25) is 9.59 Å². The van der Waals surface area contributed by atoms with Gasteiger partial charge < -0.3 is 23.7 Å². The van der Waals surface area contributed by atoms with Gasteiger partial charge in [-0.2, -0.15) is 0 Å². The van der Waals surface area contributed by atoms with E-state index in [4.69, 9.17) is 18.9 Å². The highest BCUT2D eigenvalue weighted by atomic mass is 16.9. The van der Waals surface area contributed by atoms with Crippen LogP contribution >= 0.6 is 0 Å². The van der Waals surface area contributed by atoms with E-state index in [0.717, 1.165) is 0 Å². The molecule has 0 spiro atoms. The van der Waals surface area contributed by atoms with Crippen LogP contribution < -0.4 is 0 Å². The molecule has 4 saturated heterocycles. The van der Waals surface area contributed by atoms with E-state index in [-0.39, 0.29) is 12.2 Å². The molecule has 2 bridgehead atoms. The van der Waals surface area contributed by atoms with Crippen LogP contribution in [0.25, 0.3) is 0 Å². The largest absolute Gasteiger partial charge is 0.393 e. The quantitative estimate of drug-likeness (QED) is 0.498. The number of hydrogen-bond donors (Lipinski definition) is 0. The number of carbonyl (C=O) groups is 2. The fraction of sp³-hybridized carbons (Fsp3) is 0.833. The Balaban J connectivity index is 1.64. The zero-order chi connectivity index (χ0) is 13.4. The first kappa shape index (κ1) is 11.8. The maximum absolute atomic E-state index is 11.7. The summed E-state index contributed by atoms with van der Waals surface area (Å²) in [6, 6.07) is 0. The number of fused-ring (bicyclic) bond motifs is 8. The smallest absolute Gasteiger partial charge is 0.320 e. The van der Waals surface area contributed by atoms with E-state index in [1.165, 1.54) is 0 Å². The van der Waals surface area contributed by atoms with Crippen molar-refractivity contribution >= 4 is 11.9 Å². The summed E-state index contributed by atoms with van der Waals surface area (Å²) in [5, 5.41) is 0. The Labute approximate surface area is 109 Å². The van der Waals surface area contributed by atoms with Gasteiger partial charge in [-0.05, 0) is 6.92 Å². The third-order valence-electron chi connectivity index (χ3n) is 4.23. The Morgan fingerprint density at radius 1 is 1.05 bits per heavy atom. The molecule has 0 amide bonds. The van der Waals surface area contributed by atoms with Crippen molar-refractivity contribution in [2.75, 3.05) is 6.61 Å². The third-order valence-corrected chi connectivity index (χ3v) is 4.23. The number of carbonyl (C=O) groups excluding carboxylic acids is 2. The lowest BCUT2D eigenvalue weighted by Gasteiger charge is -2.24. The summed E-state index contributed by atoms with van der Waals surface area (Å²) < 4.78 is 27.3. The highest BCUT2D eigenvalue weighted by Gasteiger charge is 2.73. The molecule has 0 saturated carbocycles. The minimum atomic E-state index is -1.13. The minimum Gasteiger partial charge on any atom is -0.393 e. The van der Waals surface area contributed by atoms with Gasteiger partial charge in [0.1, 0.15) is 36.3 Å². The maximum Gasteiger partial charge on any atom is 0.320 e. The molecule has 0 radical (unpaired) electrons. The molecule has 4 aliphatic heterocycles. The van der Waals surface area contributed by atoms with Crippen LogP contribution in [0, 0.1) is 11.8 Å². The third kappa shape index (κ3) is 1.36. The topological polar surface area (TPSA) is 80.3 Å². The van der Waals surface area contributed by atoms with Crippen molar-refractivity contribution in [3.63, 3.8) is 0 Å². The van der Waals surface area contributed by atoms with E-state index in [1.54, 1.807) is 6.92 Å². The van der Waals surface area contributed by atoms with Gasteiger partial charge in [0.15, 0.2) is 0 Å². The van der Waals surface area contributed by atoms with Crippen LogP contribution in [0.2, 0.25) is 0 Å². The minimum absolute atomic E-state index is 0.388. The van der Waals surface area contributed by atoms with Crippen molar-refractivity contribution in [3.8, 4) is 0 Å². The van der Waals surface area contributed by atoms with E-state index in [0.29, 0.717) is 6.61 Å². The molecule has 0 aromatic carbocycles. The molecular weight excluding hydrogens is 256 g/mol. The Morgan fingerprint density at radius 2 is 1.58 bits per heavy atom. The zero-order valence-electron chi connectivity index (χ0n) is 10.5. The van der Waals surface area contributed by atoms with Crippen molar-refractivity contribution in [3.05, 3.63) is 0 Å². The van der Waals surface area contributed by atoms with Crippen molar-refractivity contribution in [2.45, 2.75) is 44.2 Å². The molecule has 7 heteroatoms. The fourth-order valence-electron chi connectivity index (χ4n) is 3.61. The predicted octanol–water partition coefficient (Wildman–Crippen LogP) is -0.423. The Hall–Kier alpha value is -1.02. The van der Waals surface area contributed by atoms with Gasteiger partial charge in [-0.15, -0.1) is 0 Å². The van der Waals surface area contributed by atoms with Crippen molar-refractivity contribution < 1.29 is 33.3 Å². The van der Waals surface area contributed by atoms with Crippen LogP contribution in [0.5, 0.6) is 0 Å². The Bertz CT molecular complexity index is 427. The normalized spacial score (nSPS) is 54.4. The first-order valence-electron chi connectivity index (χ1n) is 6.44. The van der Waals surface area contributed by atoms with Crippen LogP contribution in [-0.4, -0.2) is 48.9 Å². The van der Waals surface area contributed by atoms with Crippen LogP contribution in [0.4, 0.5) is 0 Å². The number of cyclic esters (lactones) is 2. The lowest BCUT2D eigenvalue weighted by atomic mass is 9.78. The molecule has 0 N–H and O–H groups in total. The average molecular weight is 270 g/mol. The highest BCUT2D eigenvalue weighted by Crippen LogP contribution is 2.53. The van der Waals surface area contributed by atoms with Crippen LogP contribution in [-0.2, 0) is 33.3 Å². The number of esters is 2. The number of hydrogen-bond acceptors (Lipinski definition) is 7. The number of ether oxygens (including phenoxy) is 5. The summed E-state index contributed by atoms with van der Waals surface area (Å²) in [5.74, 6) is -3.29. The fourth-order valence-corrected chi connectivity index (χ4v) is 3.61. The van der Waals surface area contributed by atoms with Crippen molar-refractivity contribution in [2.24, 2.45) is 11.8 Å². The van der Waals surface area contributed by atoms with E-state index in [9.17, 15) is 9.59 Å². The zero-order valence-corrected chi connectivity index (χ0v) is 10.5. The second-order valence-electron chi connectivity index (χ2n) is 5.32. The lowest BCUT2D eigenvalue weighted by molar-refractivity contribution is -0.339. The van der Waals surface area contributed by atoms with Crippen LogP contribution in [0.3, 0.4) is 0 Å². The summed E-state index contributed by atoms with van der Waals surface area (Å²) in [7, 11) is 0. The average Bonchev–Trinajstić information content (AvgIpc) is 2.99. The molecule has 0 aromatic heterocycles. The molecule has 19 heavy (non-hydrogen) atoms. The maximum atomic E-state index is 11.7. The molecule has 4 rings (SSSR count). The summed E-state index contributed by atoms with van der Waals surface area (Å²) in [5.41, 5.74) is 0. The highest BCUT2D eigenvalue weighted by molar-refractivity contribution is 5.98. The first-order chi connectivity index (χ1) is 9.04. The first-order valence-corrected chi connectivity index (χ1v) is 6.44. The molecule has 0 aromatic rings. The molecule has 104 valence electrons. The summed E-state index contributed by atoms with van der Waals surface area (Å²) in [6.07, 6.45) is -1.75. The van der Waals surface area contributed by atoms with Crippen LogP contribution in [0.15, 0.2) is 0 Å². The van der Waals surface area contributed by atoms with E-state index in [2.05, 4.69) is 4.74 Å². The predicted molar refractivity (Wildman–Crippen MR) is 56.5 cm³/mol. The summed E-state index contributed by atoms with van der Waals surface area (Å²) in [4.78, 5) is 23.4. The van der Waals surface area contributed by atoms with E-state index < -0.39 is 42.0 Å². The molecule has 5 unspecified atom stereocenters. The lowest BCUT2D eigenvalue weighted by Crippen LogP contribution is -2.46. The standard InChI is InChI=1S/C12H14O7/c1-3-15-12(2)18-8-6-4-5(11(14)17-10(4)13)7(16-6)9(8)19-12/h4-9H,3H2,1-2H3/t4?,5?,6-,7?,8+,9?,12?/m0/s1. The van der Waals surface area contributed by atoms with Gasteiger partial charge in [-0.25, -0.2) is 0 Å². The summed E-state index contributed by atoms with van der Waals surface area (Å²) >= 11 is 0. The molecule has 4 heterocycles. The van der Waals surface area contributed by atoms with Gasteiger partial charge in [0.05, 0.1) is 0 Å². The van der Waals surface area contributed by atoms with E-state index in [1.807, 2.05) is 6.92 Å². The van der Waals surface area contributed by atoms with Crippen molar-refractivity contribution in [1.82, 2.24) is 0 Å². The van der Waals surface area contributed by atoms with Gasteiger partial charge in [0.2, 0.25) is 0 Å². The summed E-state index contributed by atoms with van der Waals surface area (Å²) in [6.45, 7) is 3.97. The second-order valence-corrected chi connectivity index (χ2v) is 5.32. The molecule has 0 aliphatic carbocycles. The van der Waals surface area contributed by atoms with Gasteiger partial charge in [0.25, 0.3) is 5.97 Å². The van der Waals surface area contributed by atoms with E-state index >= 15 is 0 Å². The number of rotatable bonds is 2. The Kier molecular flexibility index (Phi) is 2.20. The monoisotopic (exact) mass is 270 g/mol. The second kappa shape index (κ2) is 3.54. The SMILES string of the molecule is CCOC1(C)OC2C3O[C@@H](C4C(=O)OC(=O)C34)[C@H]2O1. The van der Waals surface area contributed by atoms with Crippen molar-refractivity contribution in [1.29, 1.82) is 0 Å². The Morgan fingerprint density at radius 3 is 2.05 bits per heavy atom. The molecule has 7 nitrogen and oxygen atoms in total. The van der Waals surface area contributed by atoms with Gasteiger partial charge >= 0.3 is 11.9 Å². The van der Waals surface area contributed by atoms with Gasteiger partial charge in [-0.1, -0.05) is 0 Å². The molecule has 4 aliphatic rings.